The van der Waals surface area contributed by atoms with Gasteiger partial charge in [0.15, 0.2) is 0 Å². The van der Waals surface area contributed by atoms with E-state index in [1.807, 2.05) is 26.8 Å². The third kappa shape index (κ3) is 2.27. The Hall–Kier alpha value is -1.57. The molecule has 2 heteroatoms. The molecule has 0 bridgehead atoms. The van der Waals surface area contributed by atoms with E-state index in [1.165, 1.54) is 17.2 Å². The number of esters is 1. The number of benzene rings is 1. The molecule has 1 rings (SSSR count). The van der Waals surface area contributed by atoms with Gasteiger partial charge in [-0.3, -0.25) is 0 Å². The molecule has 0 saturated carbocycles. The molecule has 0 aliphatic rings. The fourth-order valence-corrected chi connectivity index (χ4v) is 1.43. The second-order valence-corrected chi connectivity index (χ2v) is 3.69. The highest BCUT2D eigenvalue weighted by molar-refractivity contribution is 5.83. The molecule has 0 atom stereocenters. The molecule has 80 valence electrons. The summed E-state index contributed by atoms with van der Waals surface area (Å²) in [5.41, 5.74) is 4.55. The largest absolute Gasteiger partial charge is 0.423 e. The van der Waals surface area contributed by atoms with Crippen LogP contribution in [0.4, 0.5) is 0 Å². The Morgan fingerprint density at radius 2 is 1.80 bits per heavy atom. The zero-order valence-electron chi connectivity index (χ0n) is 9.68. The molecule has 15 heavy (non-hydrogen) atoms. The van der Waals surface area contributed by atoms with Gasteiger partial charge >= 0.3 is 5.97 Å². The van der Waals surface area contributed by atoms with Gasteiger partial charge in [-0.15, -0.1) is 0 Å². The lowest BCUT2D eigenvalue weighted by Gasteiger charge is -2.13. The maximum Gasteiger partial charge on any atom is 0.335 e. The quantitative estimate of drug-likeness (QED) is 0.420. The molecule has 0 amide bonds. The van der Waals surface area contributed by atoms with Crippen LogP contribution in [0.25, 0.3) is 0 Å². The fraction of sp³-hybridized carbons (Fsp3) is 0.308. The highest BCUT2D eigenvalue weighted by Gasteiger charge is 2.09. The van der Waals surface area contributed by atoms with E-state index < -0.39 is 5.97 Å². The van der Waals surface area contributed by atoms with Crippen molar-refractivity contribution in [2.24, 2.45) is 0 Å². The minimum Gasteiger partial charge on any atom is -0.423 e. The van der Waals surface area contributed by atoms with E-state index in [0.717, 1.165) is 11.1 Å². The first-order valence-electron chi connectivity index (χ1n) is 4.89. The summed E-state index contributed by atoms with van der Waals surface area (Å²) in [6, 6.07) is 1.89. The van der Waals surface area contributed by atoms with Gasteiger partial charge in [-0.25, -0.2) is 4.79 Å². The predicted octanol–water partition coefficient (Wildman–Crippen LogP) is 3.01. The third-order valence-corrected chi connectivity index (χ3v) is 2.81. The summed E-state index contributed by atoms with van der Waals surface area (Å²) >= 11 is 0. The highest BCUT2D eigenvalue weighted by Crippen LogP contribution is 2.27. The Bertz CT molecular complexity index is 417. The lowest BCUT2D eigenvalue weighted by molar-refractivity contribution is -0.129. The number of hydrogen-bond acceptors (Lipinski definition) is 2. The van der Waals surface area contributed by atoms with Crippen LogP contribution in [-0.2, 0) is 4.79 Å². The minimum absolute atomic E-state index is 0.416. The first-order chi connectivity index (χ1) is 6.97. The van der Waals surface area contributed by atoms with Gasteiger partial charge in [0.05, 0.1) is 0 Å². The summed E-state index contributed by atoms with van der Waals surface area (Å²) in [5.74, 6) is 0.209. The van der Waals surface area contributed by atoms with Gasteiger partial charge in [0, 0.05) is 6.08 Å². The Labute approximate surface area is 90.6 Å². The standard InChI is InChI=1S/C13H16O2/c1-6-13(14)15-12-7-8(2)9(3)10(4)11(12)5/h6-7H,1H2,2-5H3. The van der Waals surface area contributed by atoms with E-state index in [4.69, 9.17) is 4.74 Å². The van der Waals surface area contributed by atoms with Gasteiger partial charge < -0.3 is 4.74 Å². The molecule has 0 aliphatic carbocycles. The van der Waals surface area contributed by atoms with Crippen molar-refractivity contribution in [1.29, 1.82) is 0 Å². The number of aryl methyl sites for hydroxylation is 1. The number of carbonyl (C=O) groups excluding carboxylic acids is 1. The average molecular weight is 204 g/mol. The van der Waals surface area contributed by atoms with Crippen molar-refractivity contribution < 1.29 is 9.53 Å². The van der Waals surface area contributed by atoms with Gasteiger partial charge in [-0.1, -0.05) is 6.58 Å². The van der Waals surface area contributed by atoms with Gasteiger partial charge in [0.25, 0.3) is 0 Å². The summed E-state index contributed by atoms with van der Waals surface area (Å²) in [6.07, 6.45) is 1.17. The molecule has 1 aromatic rings. The molecule has 0 fully saturated rings. The van der Waals surface area contributed by atoms with Gasteiger partial charge in [0.1, 0.15) is 5.75 Å². The van der Waals surface area contributed by atoms with E-state index in [-0.39, 0.29) is 0 Å². The summed E-state index contributed by atoms with van der Waals surface area (Å²) in [4.78, 5) is 11.1. The summed E-state index contributed by atoms with van der Waals surface area (Å²) < 4.78 is 5.15. The number of carbonyl (C=O) groups is 1. The van der Waals surface area contributed by atoms with Gasteiger partial charge in [-0.05, 0) is 56.0 Å². The van der Waals surface area contributed by atoms with Crippen molar-refractivity contribution in [3.05, 3.63) is 41.0 Å². The lowest BCUT2D eigenvalue weighted by atomic mass is 9.99. The van der Waals surface area contributed by atoms with Crippen LogP contribution in [0.15, 0.2) is 18.7 Å². The monoisotopic (exact) mass is 204 g/mol. The molecule has 0 spiro atoms. The minimum atomic E-state index is -0.416. The lowest BCUT2D eigenvalue weighted by Crippen LogP contribution is -2.06. The van der Waals surface area contributed by atoms with E-state index in [2.05, 4.69) is 13.5 Å². The molecular weight excluding hydrogens is 188 g/mol. The van der Waals surface area contributed by atoms with E-state index in [9.17, 15) is 4.79 Å². The second kappa shape index (κ2) is 4.30. The maximum absolute atomic E-state index is 11.1. The molecule has 0 aromatic heterocycles. The SMILES string of the molecule is C=CC(=O)Oc1cc(C)c(C)c(C)c1C. The van der Waals surface area contributed by atoms with Crippen LogP contribution in [0.1, 0.15) is 22.3 Å². The number of ether oxygens (including phenoxy) is 1. The van der Waals surface area contributed by atoms with Crippen LogP contribution in [0.5, 0.6) is 5.75 Å². The first kappa shape index (κ1) is 11.5. The maximum atomic E-state index is 11.1. The molecule has 0 saturated heterocycles. The topological polar surface area (TPSA) is 26.3 Å². The van der Waals surface area contributed by atoms with Crippen molar-refractivity contribution in [1.82, 2.24) is 0 Å². The summed E-state index contributed by atoms with van der Waals surface area (Å²) in [5, 5.41) is 0. The van der Waals surface area contributed by atoms with E-state index >= 15 is 0 Å². The second-order valence-electron chi connectivity index (χ2n) is 3.69. The summed E-state index contributed by atoms with van der Waals surface area (Å²) in [7, 11) is 0. The first-order valence-corrected chi connectivity index (χ1v) is 4.89. The van der Waals surface area contributed by atoms with Crippen molar-refractivity contribution in [3.63, 3.8) is 0 Å². The van der Waals surface area contributed by atoms with Crippen LogP contribution >= 0.6 is 0 Å². The Balaban J connectivity index is 3.20. The molecule has 0 N–H and O–H groups in total. The number of rotatable bonds is 2. The van der Waals surface area contributed by atoms with Gasteiger partial charge in [0.2, 0.25) is 0 Å². The van der Waals surface area contributed by atoms with E-state index in [0.29, 0.717) is 5.75 Å². The molecule has 0 unspecified atom stereocenters. The smallest absolute Gasteiger partial charge is 0.335 e. The van der Waals surface area contributed by atoms with Crippen LogP contribution in [0.2, 0.25) is 0 Å². The molecule has 0 aliphatic heterocycles. The zero-order valence-corrected chi connectivity index (χ0v) is 9.68. The van der Waals surface area contributed by atoms with Crippen LogP contribution in [0, 0.1) is 27.7 Å². The molecule has 1 aromatic carbocycles. The van der Waals surface area contributed by atoms with Crippen molar-refractivity contribution in [3.8, 4) is 5.75 Å². The van der Waals surface area contributed by atoms with E-state index in [1.54, 1.807) is 0 Å². The van der Waals surface area contributed by atoms with Crippen LogP contribution in [0.3, 0.4) is 0 Å². The van der Waals surface area contributed by atoms with Crippen molar-refractivity contribution in [2.45, 2.75) is 27.7 Å². The average Bonchev–Trinajstić information content (AvgIpc) is 2.22. The Kier molecular flexibility index (Phi) is 3.30. The number of hydrogen-bond donors (Lipinski definition) is 0. The van der Waals surface area contributed by atoms with Crippen molar-refractivity contribution in [2.75, 3.05) is 0 Å². The highest BCUT2D eigenvalue weighted by atomic mass is 16.5. The molecule has 0 heterocycles. The predicted molar refractivity (Wildman–Crippen MR) is 61.2 cm³/mol. The fourth-order valence-electron chi connectivity index (χ4n) is 1.43. The van der Waals surface area contributed by atoms with Crippen LogP contribution < -0.4 is 4.74 Å². The molecule has 0 radical (unpaired) electrons. The van der Waals surface area contributed by atoms with Crippen molar-refractivity contribution >= 4 is 5.97 Å². The van der Waals surface area contributed by atoms with Gasteiger partial charge in [-0.2, -0.15) is 0 Å². The zero-order chi connectivity index (χ0) is 11.6. The Morgan fingerprint density at radius 3 is 2.33 bits per heavy atom. The normalized spacial score (nSPS) is 9.87. The summed E-state index contributed by atoms with van der Waals surface area (Å²) in [6.45, 7) is 11.4. The van der Waals surface area contributed by atoms with Crippen LogP contribution in [-0.4, -0.2) is 5.97 Å². The Morgan fingerprint density at radius 1 is 1.20 bits per heavy atom. The molecular formula is C13H16O2. The molecule has 2 nitrogen and oxygen atoms in total. The third-order valence-electron chi connectivity index (χ3n) is 2.81.